The van der Waals surface area contributed by atoms with Gasteiger partial charge in [0.2, 0.25) is 0 Å². The molecule has 144 valence electrons. The first-order valence-corrected chi connectivity index (χ1v) is 12.3. The molecule has 7 nitrogen and oxygen atoms in total. The Balaban J connectivity index is 1.51. The topological polar surface area (TPSA) is 101 Å². The summed E-state index contributed by atoms with van der Waals surface area (Å²) in [5.41, 5.74) is 0.773. The van der Waals surface area contributed by atoms with Crippen LogP contribution < -0.4 is 5.32 Å². The molecule has 1 atom stereocenters. The van der Waals surface area contributed by atoms with Gasteiger partial charge in [-0.25, -0.2) is 21.6 Å². The van der Waals surface area contributed by atoms with Gasteiger partial charge in [0.15, 0.2) is 19.7 Å². The highest BCUT2D eigenvalue weighted by Gasteiger charge is 2.34. The lowest BCUT2D eigenvalue weighted by Crippen LogP contribution is -2.49. The Labute approximate surface area is 154 Å². The lowest BCUT2D eigenvalue weighted by molar-refractivity contribution is 0.184. The first kappa shape index (κ1) is 19.2. The Kier molecular flexibility index (Phi) is 5.57. The second-order valence-corrected chi connectivity index (χ2v) is 11.5. The van der Waals surface area contributed by atoms with Crippen molar-refractivity contribution >= 4 is 25.7 Å². The van der Waals surface area contributed by atoms with E-state index in [0.29, 0.717) is 32.4 Å². The molecule has 1 unspecified atom stereocenters. The van der Waals surface area contributed by atoms with E-state index in [-0.39, 0.29) is 29.3 Å². The predicted molar refractivity (Wildman–Crippen MR) is 99.3 cm³/mol. The van der Waals surface area contributed by atoms with Crippen molar-refractivity contribution < 1.29 is 21.6 Å². The van der Waals surface area contributed by atoms with Crippen LogP contribution in [-0.2, 0) is 25.4 Å². The number of sulfone groups is 2. The molecule has 0 spiro atoms. The van der Waals surface area contributed by atoms with E-state index in [4.69, 9.17) is 0 Å². The van der Waals surface area contributed by atoms with Crippen LogP contribution in [0.3, 0.4) is 0 Å². The van der Waals surface area contributed by atoms with E-state index in [9.17, 15) is 21.6 Å². The highest BCUT2D eigenvalue weighted by atomic mass is 32.2. The van der Waals surface area contributed by atoms with Crippen molar-refractivity contribution in [2.75, 3.05) is 24.6 Å². The van der Waals surface area contributed by atoms with E-state index in [1.165, 1.54) is 0 Å². The number of hydrogen-bond donors (Lipinski definition) is 1. The first-order valence-electron chi connectivity index (χ1n) is 8.76. The van der Waals surface area contributed by atoms with Crippen molar-refractivity contribution in [3.8, 4) is 0 Å². The minimum Gasteiger partial charge on any atom is -0.334 e. The fourth-order valence-corrected chi connectivity index (χ4v) is 7.01. The van der Waals surface area contributed by atoms with Crippen molar-refractivity contribution in [1.29, 1.82) is 0 Å². The summed E-state index contributed by atoms with van der Waals surface area (Å²) in [6.45, 7) is 0.730. The second-order valence-electron chi connectivity index (χ2n) is 7.03. The minimum absolute atomic E-state index is 0.0132. The number of amides is 2. The summed E-state index contributed by atoms with van der Waals surface area (Å²) in [5.74, 6) is 0.114. The third kappa shape index (κ3) is 4.76. The van der Waals surface area contributed by atoms with Crippen molar-refractivity contribution in [2.24, 2.45) is 0 Å². The molecule has 2 saturated heterocycles. The smallest absolute Gasteiger partial charge is 0.317 e. The molecule has 2 amide bonds. The molecule has 1 aromatic carbocycles. The Morgan fingerprint density at radius 3 is 2.35 bits per heavy atom. The standard InChI is InChI=1S/C17H24N2O5S2/c20-17(18-15-8-11-25(21,22)13-15)19-9-6-16(7-10-19)26(23,24)12-14-4-2-1-3-5-14/h1-5,15-16H,6-13H2,(H,18,20). The number of nitrogens with one attached hydrogen (secondary N) is 1. The third-order valence-electron chi connectivity index (χ3n) is 5.01. The zero-order valence-electron chi connectivity index (χ0n) is 14.5. The average Bonchev–Trinajstić information content (AvgIpc) is 2.94. The van der Waals surface area contributed by atoms with Gasteiger partial charge in [-0.05, 0) is 24.8 Å². The van der Waals surface area contributed by atoms with Crippen molar-refractivity contribution in [2.45, 2.75) is 36.3 Å². The molecular weight excluding hydrogens is 376 g/mol. The van der Waals surface area contributed by atoms with Gasteiger partial charge in [0.1, 0.15) is 0 Å². The second kappa shape index (κ2) is 7.56. The maximum absolute atomic E-state index is 12.6. The van der Waals surface area contributed by atoms with E-state index >= 15 is 0 Å². The molecule has 2 aliphatic heterocycles. The van der Waals surface area contributed by atoms with Gasteiger partial charge in [0.25, 0.3) is 0 Å². The van der Waals surface area contributed by atoms with Crippen LogP contribution in [0.4, 0.5) is 4.79 Å². The van der Waals surface area contributed by atoms with Crippen LogP contribution in [0.25, 0.3) is 0 Å². The molecular formula is C17H24N2O5S2. The highest BCUT2D eigenvalue weighted by Crippen LogP contribution is 2.22. The number of rotatable bonds is 4. The van der Waals surface area contributed by atoms with Gasteiger partial charge in [-0.15, -0.1) is 0 Å². The van der Waals surface area contributed by atoms with Crippen molar-refractivity contribution in [1.82, 2.24) is 10.2 Å². The number of nitrogens with zero attached hydrogens (tertiary/aromatic N) is 1. The molecule has 26 heavy (non-hydrogen) atoms. The Bertz CT molecular complexity index is 844. The van der Waals surface area contributed by atoms with Crippen molar-refractivity contribution in [3.63, 3.8) is 0 Å². The molecule has 1 N–H and O–H groups in total. The zero-order chi connectivity index (χ0) is 18.8. The highest BCUT2D eigenvalue weighted by molar-refractivity contribution is 7.91. The molecule has 0 radical (unpaired) electrons. The normalized spacial score (nSPS) is 23.7. The van der Waals surface area contributed by atoms with E-state index < -0.39 is 24.9 Å². The molecule has 3 rings (SSSR count). The zero-order valence-corrected chi connectivity index (χ0v) is 16.1. The molecule has 0 bridgehead atoms. The number of benzene rings is 1. The van der Waals surface area contributed by atoms with Crippen LogP contribution in [0.15, 0.2) is 30.3 Å². The Hall–Kier alpha value is -1.61. The maximum atomic E-state index is 12.6. The summed E-state index contributed by atoms with van der Waals surface area (Å²) in [6.07, 6.45) is 1.26. The summed E-state index contributed by atoms with van der Waals surface area (Å²) in [7, 11) is -6.30. The fraction of sp³-hybridized carbons (Fsp3) is 0.588. The van der Waals surface area contributed by atoms with Crippen LogP contribution in [0.1, 0.15) is 24.8 Å². The summed E-state index contributed by atoms with van der Waals surface area (Å²) in [5, 5.41) is 2.31. The van der Waals surface area contributed by atoms with Gasteiger partial charge in [0.05, 0.1) is 22.5 Å². The molecule has 2 aliphatic rings. The van der Waals surface area contributed by atoms with Gasteiger partial charge >= 0.3 is 6.03 Å². The molecule has 1 aromatic rings. The third-order valence-corrected chi connectivity index (χ3v) is 9.00. The van der Waals surface area contributed by atoms with Crippen LogP contribution in [0.5, 0.6) is 0 Å². The fourth-order valence-electron chi connectivity index (χ4n) is 3.52. The average molecular weight is 401 g/mol. The number of hydrogen-bond acceptors (Lipinski definition) is 5. The lowest BCUT2D eigenvalue weighted by atomic mass is 10.1. The van der Waals surface area contributed by atoms with Gasteiger partial charge in [-0.3, -0.25) is 0 Å². The summed E-state index contributed by atoms with van der Waals surface area (Å²) in [4.78, 5) is 13.9. The molecule has 0 aromatic heterocycles. The summed E-state index contributed by atoms with van der Waals surface area (Å²) < 4.78 is 48.1. The van der Waals surface area contributed by atoms with Crippen LogP contribution in [-0.4, -0.2) is 63.7 Å². The van der Waals surface area contributed by atoms with Crippen LogP contribution in [0, 0.1) is 0 Å². The number of likely N-dealkylation sites (tertiary alicyclic amines) is 1. The van der Waals surface area contributed by atoms with E-state index in [1.54, 1.807) is 17.0 Å². The number of carbonyl (C=O) groups is 1. The predicted octanol–water partition coefficient (Wildman–Crippen LogP) is 0.963. The van der Waals surface area contributed by atoms with E-state index in [0.717, 1.165) is 5.56 Å². The maximum Gasteiger partial charge on any atom is 0.317 e. The summed E-state index contributed by atoms with van der Waals surface area (Å²) in [6, 6.07) is 8.45. The van der Waals surface area contributed by atoms with E-state index in [1.807, 2.05) is 18.2 Å². The quantitative estimate of drug-likeness (QED) is 0.811. The first-order chi connectivity index (χ1) is 12.3. The van der Waals surface area contributed by atoms with Gasteiger partial charge in [-0.1, -0.05) is 30.3 Å². The van der Waals surface area contributed by atoms with Gasteiger partial charge in [-0.2, -0.15) is 0 Å². The Morgan fingerprint density at radius 1 is 1.12 bits per heavy atom. The molecule has 2 fully saturated rings. The molecule has 9 heteroatoms. The Morgan fingerprint density at radius 2 is 1.77 bits per heavy atom. The SMILES string of the molecule is O=C(NC1CCS(=O)(=O)C1)N1CCC(S(=O)(=O)Cc2ccccc2)CC1. The molecule has 0 aliphatic carbocycles. The van der Waals surface area contributed by atoms with E-state index in [2.05, 4.69) is 5.32 Å². The van der Waals surface area contributed by atoms with Gasteiger partial charge in [0, 0.05) is 19.1 Å². The number of urea groups is 1. The lowest BCUT2D eigenvalue weighted by Gasteiger charge is -2.32. The minimum atomic E-state index is -3.26. The monoisotopic (exact) mass is 400 g/mol. The van der Waals surface area contributed by atoms with Crippen LogP contribution >= 0.6 is 0 Å². The summed E-state index contributed by atoms with van der Waals surface area (Å²) >= 11 is 0. The van der Waals surface area contributed by atoms with Crippen LogP contribution in [0.2, 0.25) is 0 Å². The van der Waals surface area contributed by atoms with Crippen molar-refractivity contribution in [3.05, 3.63) is 35.9 Å². The molecule has 0 saturated carbocycles. The molecule has 2 heterocycles. The largest absolute Gasteiger partial charge is 0.334 e. The number of carbonyl (C=O) groups excluding carboxylic acids is 1. The van der Waals surface area contributed by atoms with Gasteiger partial charge < -0.3 is 10.2 Å². The number of piperidine rings is 1.